The summed E-state index contributed by atoms with van der Waals surface area (Å²) < 4.78 is 34.8. The summed E-state index contributed by atoms with van der Waals surface area (Å²) in [6.45, 7) is 5.28. The average molecular weight is 960 g/mol. The maximum atomic E-state index is 12.8. The first-order valence-corrected chi connectivity index (χ1v) is 29.1. The Morgan fingerprint density at radius 3 is 1.30 bits per heavy atom. The normalized spacial score (nSPS) is 14.1. The smallest absolute Gasteiger partial charge is 0.306 e. The Labute approximate surface area is 414 Å². The first kappa shape index (κ1) is 64.9. The second-order valence-electron chi connectivity index (χ2n) is 19.6. The van der Waals surface area contributed by atoms with Crippen molar-refractivity contribution in [2.75, 3.05) is 54.1 Å². The fourth-order valence-corrected chi connectivity index (χ4v) is 8.24. The number of quaternary nitrogens is 1. The third kappa shape index (κ3) is 54.7. The summed E-state index contributed by atoms with van der Waals surface area (Å²) in [5.74, 6) is -0.348. The van der Waals surface area contributed by atoms with Gasteiger partial charge >= 0.3 is 5.97 Å². The van der Waals surface area contributed by atoms with Gasteiger partial charge in [-0.2, -0.15) is 0 Å². The van der Waals surface area contributed by atoms with Crippen molar-refractivity contribution < 1.29 is 37.3 Å². The van der Waals surface area contributed by atoms with Gasteiger partial charge in [-0.05, 0) is 83.5 Å². The Morgan fingerprint density at radius 2 is 0.866 bits per heavy atom. The SMILES string of the molecule is CC/C=C\C/C=C\C/C=C\C/C=C\CCCCCCCCC(=O)OC(COCCCCCCCCCCCCCCCC/C=C\C/C=C\CCCCCCC)COP(=O)([O-])OCC[N+](C)(C)C. The molecule has 0 aliphatic heterocycles. The molecule has 0 aromatic rings. The van der Waals surface area contributed by atoms with Crippen LogP contribution in [0.3, 0.4) is 0 Å². The maximum absolute atomic E-state index is 12.8. The van der Waals surface area contributed by atoms with Crippen LogP contribution < -0.4 is 4.89 Å². The molecule has 9 heteroatoms. The molecule has 0 bridgehead atoms. The molecule has 0 saturated heterocycles. The molecule has 0 aliphatic rings. The zero-order valence-corrected chi connectivity index (χ0v) is 45.2. The molecule has 0 N–H and O–H groups in total. The molecule has 0 aromatic heterocycles. The molecule has 0 spiro atoms. The van der Waals surface area contributed by atoms with Crippen molar-refractivity contribution in [3.05, 3.63) is 72.9 Å². The summed E-state index contributed by atoms with van der Waals surface area (Å²) >= 11 is 0. The minimum atomic E-state index is -4.54. The van der Waals surface area contributed by atoms with Crippen LogP contribution in [0.15, 0.2) is 72.9 Å². The van der Waals surface area contributed by atoms with E-state index in [4.69, 9.17) is 18.5 Å². The lowest BCUT2D eigenvalue weighted by Gasteiger charge is -2.28. The number of unbranched alkanes of at least 4 members (excludes halogenated alkanes) is 25. The van der Waals surface area contributed by atoms with Gasteiger partial charge < -0.3 is 27.9 Å². The number of phosphoric acid groups is 1. The summed E-state index contributed by atoms with van der Waals surface area (Å²) in [7, 11) is 1.34. The van der Waals surface area contributed by atoms with Crippen LogP contribution in [-0.4, -0.2) is 70.7 Å². The first-order valence-electron chi connectivity index (χ1n) is 27.7. The van der Waals surface area contributed by atoms with Crippen LogP contribution in [0, 0.1) is 0 Å². The molecular formula is C58H106NO7P. The lowest BCUT2D eigenvalue weighted by Crippen LogP contribution is -2.37. The number of ether oxygens (including phenoxy) is 2. The Hall–Kier alpha value is -2.06. The Bertz CT molecular complexity index is 1300. The highest BCUT2D eigenvalue weighted by Gasteiger charge is 2.20. The van der Waals surface area contributed by atoms with Gasteiger partial charge in [0.25, 0.3) is 7.82 Å². The van der Waals surface area contributed by atoms with Crippen molar-refractivity contribution in [2.45, 2.75) is 238 Å². The predicted molar refractivity (Wildman–Crippen MR) is 286 cm³/mol. The molecule has 0 rings (SSSR count). The predicted octanol–water partition coefficient (Wildman–Crippen LogP) is 16.8. The summed E-state index contributed by atoms with van der Waals surface area (Å²) in [5.41, 5.74) is 0. The molecule has 0 radical (unpaired) electrons. The molecule has 2 atom stereocenters. The second kappa shape index (κ2) is 50.3. The Kier molecular flexibility index (Phi) is 48.8. The van der Waals surface area contributed by atoms with E-state index in [0.29, 0.717) is 24.1 Å². The number of esters is 1. The fraction of sp³-hybridized carbons (Fsp3) is 0.776. The van der Waals surface area contributed by atoms with E-state index in [1.54, 1.807) is 0 Å². The van der Waals surface area contributed by atoms with E-state index in [1.807, 2.05) is 21.1 Å². The number of nitrogens with zero attached hydrogens (tertiary/aromatic N) is 1. The number of hydrogen-bond acceptors (Lipinski definition) is 7. The number of phosphoric ester groups is 1. The average Bonchev–Trinajstić information content (AvgIpc) is 3.29. The van der Waals surface area contributed by atoms with Gasteiger partial charge in [0.15, 0.2) is 0 Å². The highest BCUT2D eigenvalue weighted by molar-refractivity contribution is 7.45. The highest BCUT2D eigenvalue weighted by atomic mass is 31.2. The quantitative estimate of drug-likeness (QED) is 0.0197. The molecule has 0 aromatic carbocycles. The van der Waals surface area contributed by atoms with E-state index in [2.05, 4.69) is 86.8 Å². The van der Waals surface area contributed by atoms with Crippen LogP contribution in [0.2, 0.25) is 0 Å². The molecule has 0 heterocycles. The van der Waals surface area contributed by atoms with Gasteiger partial charge in [-0.1, -0.05) is 215 Å². The van der Waals surface area contributed by atoms with Crippen LogP contribution in [-0.2, 0) is 27.9 Å². The maximum Gasteiger partial charge on any atom is 0.306 e. The Balaban J connectivity index is 4.10. The van der Waals surface area contributed by atoms with Crippen molar-refractivity contribution >= 4 is 13.8 Å². The van der Waals surface area contributed by atoms with E-state index in [9.17, 15) is 14.3 Å². The monoisotopic (exact) mass is 960 g/mol. The van der Waals surface area contributed by atoms with Crippen molar-refractivity contribution in [2.24, 2.45) is 0 Å². The number of allylic oxidation sites excluding steroid dienone is 12. The standard InChI is InChI=1S/C58H106NO7P/c1-6-8-10-12-14-16-18-20-22-24-26-27-28-29-30-31-32-34-36-38-40-42-44-46-48-50-53-63-55-57(56-65-67(61,62)64-54-52-59(3,4)5)66-58(60)51-49-47-45-43-41-39-37-35-33-25-23-21-19-17-15-13-11-9-7-2/h9,11,15,17-18,20-21,23-24,26,33,35,57H,6-8,10,12-14,16,19,22,25,27-32,34,36-56H2,1-5H3/b11-9-,17-15-,20-18-,23-21-,26-24-,35-33-. The van der Waals surface area contributed by atoms with Crippen molar-refractivity contribution in [1.29, 1.82) is 0 Å². The molecule has 390 valence electrons. The van der Waals surface area contributed by atoms with Crippen LogP contribution in [0.5, 0.6) is 0 Å². The molecule has 67 heavy (non-hydrogen) atoms. The van der Waals surface area contributed by atoms with E-state index < -0.39 is 13.9 Å². The van der Waals surface area contributed by atoms with Gasteiger partial charge in [-0.25, -0.2) is 0 Å². The lowest BCUT2D eigenvalue weighted by molar-refractivity contribution is -0.870. The van der Waals surface area contributed by atoms with Gasteiger partial charge in [0.2, 0.25) is 0 Å². The second-order valence-corrected chi connectivity index (χ2v) is 21.0. The van der Waals surface area contributed by atoms with Crippen molar-refractivity contribution in [3.63, 3.8) is 0 Å². The third-order valence-electron chi connectivity index (χ3n) is 11.7. The fourth-order valence-electron chi connectivity index (χ4n) is 7.51. The van der Waals surface area contributed by atoms with Crippen molar-refractivity contribution in [1.82, 2.24) is 0 Å². The molecule has 8 nitrogen and oxygen atoms in total. The first-order chi connectivity index (χ1) is 32.6. The molecule has 2 unspecified atom stereocenters. The highest BCUT2D eigenvalue weighted by Crippen LogP contribution is 2.38. The lowest BCUT2D eigenvalue weighted by atomic mass is 10.0. The molecule has 0 fully saturated rings. The number of carbonyl (C=O) groups excluding carboxylic acids is 1. The number of likely N-dealkylation sites (N-methyl/N-ethyl adjacent to an activating group) is 1. The number of carbonyl (C=O) groups is 1. The van der Waals surface area contributed by atoms with E-state index in [0.717, 1.165) is 77.0 Å². The van der Waals surface area contributed by atoms with Crippen LogP contribution in [0.4, 0.5) is 0 Å². The minimum absolute atomic E-state index is 0.0203. The molecule has 0 aliphatic carbocycles. The van der Waals surface area contributed by atoms with Gasteiger partial charge in [0.05, 0.1) is 34.4 Å². The van der Waals surface area contributed by atoms with Gasteiger partial charge in [-0.3, -0.25) is 9.36 Å². The minimum Gasteiger partial charge on any atom is -0.756 e. The van der Waals surface area contributed by atoms with E-state index >= 15 is 0 Å². The van der Waals surface area contributed by atoms with E-state index in [-0.39, 0.29) is 25.8 Å². The van der Waals surface area contributed by atoms with Crippen LogP contribution >= 0.6 is 7.82 Å². The largest absolute Gasteiger partial charge is 0.756 e. The molecule has 0 saturated carbocycles. The Morgan fingerprint density at radius 1 is 0.478 bits per heavy atom. The summed E-state index contributed by atoms with van der Waals surface area (Å²) in [6.07, 6.45) is 66.5. The molecule has 0 amide bonds. The zero-order valence-electron chi connectivity index (χ0n) is 44.3. The zero-order chi connectivity index (χ0) is 49.0. The van der Waals surface area contributed by atoms with Crippen LogP contribution in [0.1, 0.15) is 232 Å². The third-order valence-corrected chi connectivity index (χ3v) is 12.7. The van der Waals surface area contributed by atoms with Crippen molar-refractivity contribution in [3.8, 4) is 0 Å². The van der Waals surface area contributed by atoms with Gasteiger partial charge in [-0.15, -0.1) is 0 Å². The van der Waals surface area contributed by atoms with Gasteiger partial charge in [0.1, 0.15) is 19.3 Å². The van der Waals surface area contributed by atoms with Crippen LogP contribution in [0.25, 0.3) is 0 Å². The number of hydrogen-bond donors (Lipinski definition) is 0. The summed E-state index contributed by atoms with van der Waals surface area (Å²) in [4.78, 5) is 25.2. The van der Waals surface area contributed by atoms with Gasteiger partial charge in [0, 0.05) is 13.0 Å². The topological polar surface area (TPSA) is 94.1 Å². The number of rotatable bonds is 51. The van der Waals surface area contributed by atoms with E-state index in [1.165, 1.54) is 135 Å². The molecular weight excluding hydrogens is 854 g/mol. The summed E-state index contributed by atoms with van der Waals surface area (Å²) in [5, 5.41) is 0. The summed E-state index contributed by atoms with van der Waals surface area (Å²) in [6, 6.07) is 0.